The SMILES string of the molecule is CCC1C(=O)NCCN1C(=O)c1csc(-c2ccccc2OC)n1. The number of nitrogens with zero attached hydrogens (tertiary/aromatic N) is 2. The third kappa shape index (κ3) is 2.99. The molecule has 2 amide bonds. The van der Waals surface area contributed by atoms with Gasteiger partial charge in [-0.25, -0.2) is 4.98 Å². The van der Waals surface area contributed by atoms with Crippen molar-refractivity contribution in [1.82, 2.24) is 15.2 Å². The van der Waals surface area contributed by atoms with Gasteiger partial charge in [-0.05, 0) is 18.6 Å². The van der Waals surface area contributed by atoms with Gasteiger partial charge in [-0.15, -0.1) is 11.3 Å². The summed E-state index contributed by atoms with van der Waals surface area (Å²) < 4.78 is 5.35. The number of carbonyl (C=O) groups is 2. The zero-order valence-corrected chi connectivity index (χ0v) is 14.4. The molecule has 1 saturated heterocycles. The molecule has 126 valence electrons. The molecule has 0 bridgehead atoms. The first-order chi connectivity index (χ1) is 11.7. The number of aromatic nitrogens is 1. The number of benzene rings is 1. The summed E-state index contributed by atoms with van der Waals surface area (Å²) in [6, 6.07) is 7.14. The maximum atomic E-state index is 12.8. The van der Waals surface area contributed by atoms with E-state index in [4.69, 9.17) is 4.74 Å². The third-order valence-electron chi connectivity index (χ3n) is 4.04. The average Bonchev–Trinajstić information content (AvgIpc) is 3.10. The highest BCUT2D eigenvalue weighted by atomic mass is 32.1. The lowest BCUT2D eigenvalue weighted by molar-refractivity contribution is -0.127. The molecular weight excluding hydrogens is 326 g/mol. The molecule has 1 fully saturated rings. The third-order valence-corrected chi connectivity index (χ3v) is 4.91. The van der Waals surface area contributed by atoms with Crippen LogP contribution in [-0.2, 0) is 4.79 Å². The van der Waals surface area contributed by atoms with Crippen LogP contribution in [0.4, 0.5) is 0 Å². The van der Waals surface area contributed by atoms with Crippen molar-refractivity contribution in [3.8, 4) is 16.3 Å². The summed E-state index contributed by atoms with van der Waals surface area (Å²) in [6.45, 7) is 2.88. The summed E-state index contributed by atoms with van der Waals surface area (Å²) in [5.41, 5.74) is 1.22. The molecule has 1 aliphatic rings. The lowest BCUT2D eigenvalue weighted by Gasteiger charge is -2.34. The molecule has 1 unspecified atom stereocenters. The normalized spacial score (nSPS) is 17.5. The van der Waals surface area contributed by atoms with Gasteiger partial charge >= 0.3 is 0 Å². The van der Waals surface area contributed by atoms with E-state index < -0.39 is 6.04 Å². The minimum Gasteiger partial charge on any atom is -0.496 e. The Morgan fingerprint density at radius 3 is 3.00 bits per heavy atom. The van der Waals surface area contributed by atoms with Crippen LogP contribution >= 0.6 is 11.3 Å². The topological polar surface area (TPSA) is 71.5 Å². The predicted octanol–water partition coefficient (Wildman–Crippen LogP) is 2.17. The van der Waals surface area contributed by atoms with Gasteiger partial charge in [0.25, 0.3) is 5.91 Å². The molecule has 1 aliphatic heterocycles. The number of hydrogen-bond acceptors (Lipinski definition) is 5. The first kappa shape index (κ1) is 16.4. The van der Waals surface area contributed by atoms with E-state index in [2.05, 4.69) is 10.3 Å². The van der Waals surface area contributed by atoms with Crippen molar-refractivity contribution < 1.29 is 14.3 Å². The van der Waals surface area contributed by atoms with Gasteiger partial charge in [-0.2, -0.15) is 0 Å². The summed E-state index contributed by atoms with van der Waals surface area (Å²) in [5, 5.41) is 5.26. The van der Waals surface area contributed by atoms with Gasteiger partial charge in [-0.1, -0.05) is 19.1 Å². The minimum absolute atomic E-state index is 0.0997. The van der Waals surface area contributed by atoms with E-state index in [0.29, 0.717) is 25.2 Å². The van der Waals surface area contributed by atoms with Crippen molar-refractivity contribution >= 4 is 23.2 Å². The van der Waals surface area contributed by atoms with Gasteiger partial charge in [0, 0.05) is 18.5 Å². The molecular formula is C17H19N3O3S. The van der Waals surface area contributed by atoms with E-state index in [0.717, 1.165) is 16.3 Å². The van der Waals surface area contributed by atoms with E-state index in [1.54, 1.807) is 17.4 Å². The fourth-order valence-corrected chi connectivity index (χ4v) is 3.65. The molecule has 1 N–H and O–H groups in total. The number of nitrogens with one attached hydrogen (secondary N) is 1. The van der Waals surface area contributed by atoms with Crippen molar-refractivity contribution in [3.63, 3.8) is 0 Å². The number of methoxy groups -OCH3 is 1. The highest BCUT2D eigenvalue weighted by Gasteiger charge is 2.33. The standard InChI is InChI=1S/C17H19N3O3S/c1-3-13-15(21)18-8-9-20(13)17(22)12-10-24-16(19-12)11-6-4-5-7-14(11)23-2/h4-7,10,13H,3,8-9H2,1-2H3,(H,18,21). The Labute approximate surface area is 144 Å². The summed E-state index contributed by atoms with van der Waals surface area (Å²) in [6.07, 6.45) is 0.584. The summed E-state index contributed by atoms with van der Waals surface area (Å²) >= 11 is 1.39. The smallest absolute Gasteiger partial charge is 0.274 e. The molecule has 6 nitrogen and oxygen atoms in total. The second kappa shape index (κ2) is 7.00. The van der Waals surface area contributed by atoms with E-state index in [1.807, 2.05) is 31.2 Å². The van der Waals surface area contributed by atoms with Crippen LogP contribution in [0, 0.1) is 0 Å². The first-order valence-electron chi connectivity index (χ1n) is 7.83. The second-order valence-electron chi connectivity index (χ2n) is 5.45. The molecule has 0 aliphatic carbocycles. The Kier molecular flexibility index (Phi) is 4.80. The van der Waals surface area contributed by atoms with E-state index in [9.17, 15) is 9.59 Å². The molecule has 2 aromatic rings. The Morgan fingerprint density at radius 1 is 1.46 bits per heavy atom. The number of ether oxygens (including phenoxy) is 1. The zero-order chi connectivity index (χ0) is 17.1. The van der Waals surface area contributed by atoms with Crippen LogP contribution in [0.15, 0.2) is 29.6 Å². The summed E-state index contributed by atoms with van der Waals surface area (Å²) in [5.74, 6) is 0.418. The number of piperazine rings is 1. The zero-order valence-electron chi connectivity index (χ0n) is 13.6. The highest BCUT2D eigenvalue weighted by molar-refractivity contribution is 7.13. The molecule has 24 heavy (non-hydrogen) atoms. The lowest BCUT2D eigenvalue weighted by Crippen LogP contribution is -2.56. The van der Waals surface area contributed by atoms with Crippen molar-refractivity contribution in [1.29, 1.82) is 0 Å². The van der Waals surface area contributed by atoms with Gasteiger partial charge < -0.3 is 15.0 Å². The van der Waals surface area contributed by atoms with Crippen LogP contribution in [0.3, 0.4) is 0 Å². The predicted molar refractivity (Wildman–Crippen MR) is 92.2 cm³/mol. The Morgan fingerprint density at radius 2 is 2.25 bits per heavy atom. The molecule has 0 saturated carbocycles. The van der Waals surface area contributed by atoms with Gasteiger partial charge in [0.1, 0.15) is 22.5 Å². The van der Waals surface area contributed by atoms with Crippen LogP contribution in [0.1, 0.15) is 23.8 Å². The van der Waals surface area contributed by atoms with Gasteiger partial charge in [0.05, 0.1) is 12.7 Å². The molecule has 0 radical (unpaired) electrons. The Hall–Kier alpha value is -2.41. The maximum absolute atomic E-state index is 12.8. The number of amides is 2. The van der Waals surface area contributed by atoms with Crippen molar-refractivity contribution in [2.45, 2.75) is 19.4 Å². The molecule has 1 atom stereocenters. The van der Waals surface area contributed by atoms with Gasteiger partial charge in [0.15, 0.2) is 0 Å². The summed E-state index contributed by atoms with van der Waals surface area (Å²) in [4.78, 5) is 30.8. The molecule has 7 heteroatoms. The highest BCUT2D eigenvalue weighted by Crippen LogP contribution is 2.32. The van der Waals surface area contributed by atoms with E-state index in [-0.39, 0.29) is 11.8 Å². The van der Waals surface area contributed by atoms with Crippen LogP contribution in [0.25, 0.3) is 10.6 Å². The second-order valence-corrected chi connectivity index (χ2v) is 6.31. The first-order valence-corrected chi connectivity index (χ1v) is 8.71. The van der Waals surface area contributed by atoms with E-state index >= 15 is 0 Å². The monoisotopic (exact) mass is 345 g/mol. The molecule has 1 aromatic carbocycles. The molecule has 0 spiro atoms. The number of hydrogen-bond donors (Lipinski definition) is 1. The maximum Gasteiger partial charge on any atom is 0.274 e. The van der Waals surface area contributed by atoms with E-state index in [1.165, 1.54) is 11.3 Å². The molecule has 3 rings (SSSR count). The number of thiazole rings is 1. The molecule has 1 aromatic heterocycles. The van der Waals surface area contributed by atoms with Gasteiger partial charge in [0.2, 0.25) is 5.91 Å². The van der Waals surface area contributed by atoms with Crippen LogP contribution in [0.5, 0.6) is 5.75 Å². The van der Waals surface area contributed by atoms with Crippen LogP contribution < -0.4 is 10.1 Å². The number of para-hydroxylation sites is 1. The minimum atomic E-state index is -0.428. The van der Waals surface area contributed by atoms with Crippen molar-refractivity contribution in [2.75, 3.05) is 20.2 Å². The lowest BCUT2D eigenvalue weighted by atomic mass is 10.1. The van der Waals surface area contributed by atoms with Gasteiger partial charge in [-0.3, -0.25) is 9.59 Å². The quantitative estimate of drug-likeness (QED) is 0.922. The van der Waals surface area contributed by atoms with Crippen molar-refractivity contribution in [2.24, 2.45) is 0 Å². The van der Waals surface area contributed by atoms with Crippen LogP contribution in [-0.4, -0.2) is 47.9 Å². The Balaban J connectivity index is 1.87. The van der Waals surface area contributed by atoms with Crippen LogP contribution in [0.2, 0.25) is 0 Å². The molecule has 2 heterocycles. The van der Waals surface area contributed by atoms with Crippen molar-refractivity contribution in [3.05, 3.63) is 35.3 Å². The summed E-state index contributed by atoms with van der Waals surface area (Å²) in [7, 11) is 1.61. The Bertz CT molecular complexity index is 759. The fraction of sp³-hybridized carbons (Fsp3) is 0.353. The number of carbonyl (C=O) groups excluding carboxylic acids is 2. The largest absolute Gasteiger partial charge is 0.496 e. The number of rotatable bonds is 4. The fourth-order valence-electron chi connectivity index (χ4n) is 2.83. The average molecular weight is 345 g/mol.